The van der Waals surface area contributed by atoms with E-state index in [0.717, 1.165) is 5.69 Å². The Kier molecular flexibility index (Phi) is 2.42. The molecule has 0 aliphatic carbocycles. The van der Waals surface area contributed by atoms with Crippen LogP contribution in [0.25, 0.3) is 0 Å². The van der Waals surface area contributed by atoms with E-state index in [-0.39, 0.29) is 0 Å². The Bertz CT molecular complexity index is 442. The molecule has 0 aromatic heterocycles. The van der Waals surface area contributed by atoms with Gasteiger partial charge in [0.25, 0.3) is 0 Å². The van der Waals surface area contributed by atoms with Gasteiger partial charge in [0.1, 0.15) is 5.41 Å². The number of nitrogens with zero attached hydrogens (tertiary/aromatic N) is 2. The molecule has 0 amide bonds. The van der Waals surface area contributed by atoms with Crippen LogP contribution in [0.1, 0.15) is 13.8 Å². The van der Waals surface area contributed by atoms with Crippen molar-refractivity contribution in [3.05, 3.63) is 30.3 Å². The average Bonchev–Trinajstić information content (AvgIpc) is 2.58. The number of hydrazone groups is 1. The third-order valence-electron chi connectivity index (χ3n) is 3.06. The number of carboxylic acid groups (broad SMARTS) is 1. The number of hydrogen-bond donors (Lipinski definition) is 1. The summed E-state index contributed by atoms with van der Waals surface area (Å²) in [6, 6.07) is 9.59. The summed E-state index contributed by atoms with van der Waals surface area (Å²) < 4.78 is 0. The molecule has 1 atom stereocenters. The first-order valence-corrected chi connectivity index (χ1v) is 5.16. The van der Waals surface area contributed by atoms with Crippen LogP contribution in [-0.2, 0) is 4.79 Å². The molecule has 1 unspecified atom stereocenters. The predicted molar refractivity (Wildman–Crippen MR) is 62.6 cm³/mol. The summed E-state index contributed by atoms with van der Waals surface area (Å²) >= 11 is 0. The lowest BCUT2D eigenvalue weighted by atomic mass is 9.87. The number of rotatable bonds is 2. The topological polar surface area (TPSA) is 52.9 Å². The highest BCUT2D eigenvalue weighted by Gasteiger charge is 2.43. The summed E-state index contributed by atoms with van der Waals surface area (Å²) in [7, 11) is 0. The monoisotopic (exact) mass is 218 g/mol. The van der Waals surface area contributed by atoms with Crippen molar-refractivity contribution in [3.8, 4) is 0 Å². The Morgan fingerprint density at radius 2 is 2.06 bits per heavy atom. The third kappa shape index (κ3) is 1.56. The number of benzene rings is 1. The number of carbonyl (C=O) groups is 1. The zero-order chi connectivity index (χ0) is 11.8. The summed E-state index contributed by atoms with van der Waals surface area (Å²) in [6.07, 6.45) is 0. The molecule has 2 rings (SSSR count). The molecular formula is C12H14N2O2. The Balaban J connectivity index is 2.29. The van der Waals surface area contributed by atoms with E-state index >= 15 is 0 Å². The van der Waals surface area contributed by atoms with Gasteiger partial charge in [-0.3, -0.25) is 9.80 Å². The lowest BCUT2D eigenvalue weighted by Crippen LogP contribution is -2.37. The molecule has 16 heavy (non-hydrogen) atoms. The minimum Gasteiger partial charge on any atom is -0.480 e. The zero-order valence-electron chi connectivity index (χ0n) is 9.34. The molecule has 1 aromatic carbocycles. The first-order valence-electron chi connectivity index (χ1n) is 5.16. The molecule has 84 valence electrons. The van der Waals surface area contributed by atoms with Crippen molar-refractivity contribution >= 4 is 17.4 Å². The van der Waals surface area contributed by atoms with Crippen molar-refractivity contribution in [2.75, 3.05) is 11.6 Å². The van der Waals surface area contributed by atoms with Crippen LogP contribution in [0.3, 0.4) is 0 Å². The Hall–Kier alpha value is -1.84. The molecular weight excluding hydrogens is 204 g/mol. The van der Waals surface area contributed by atoms with Crippen molar-refractivity contribution in [3.63, 3.8) is 0 Å². The number of para-hydroxylation sites is 1. The van der Waals surface area contributed by atoms with Gasteiger partial charge < -0.3 is 5.11 Å². The van der Waals surface area contributed by atoms with E-state index in [1.54, 1.807) is 18.9 Å². The average molecular weight is 218 g/mol. The fourth-order valence-corrected chi connectivity index (χ4v) is 1.71. The van der Waals surface area contributed by atoms with E-state index in [0.29, 0.717) is 12.3 Å². The lowest BCUT2D eigenvalue weighted by molar-refractivity contribution is -0.143. The van der Waals surface area contributed by atoms with Gasteiger partial charge in [-0.15, -0.1) is 0 Å². The van der Waals surface area contributed by atoms with Gasteiger partial charge in [0.2, 0.25) is 0 Å². The first kappa shape index (κ1) is 10.7. The van der Waals surface area contributed by atoms with E-state index in [9.17, 15) is 9.90 Å². The van der Waals surface area contributed by atoms with Crippen LogP contribution in [-0.4, -0.2) is 23.3 Å². The maximum absolute atomic E-state index is 11.2. The van der Waals surface area contributed by atoms with Crippen LogP contribution >= 0.6 is 0 Å². The summed E-state index contributed by atoms with van der Waals surface area (Å²) in [4.78, 5) is 11.2. The smallest absolute Gasteiger partial charge is 0.317 e. The summed E-state index contributed by atoms with van der Waals surface area (Å²) in [5, 5.41) is 15.2. The van der Waals surface area contributed by atoms with Gasteiger partial charge in [-0.25, -0.2) is 0 Å². The highest BCUT2D eigenvalue weighted by molar-refractivity contribution is 6.07. The Morgan fingerprint density at radius 3 is 2.56 bits per heavy atom. The lowest BCUT2D eigenvalue weighted by Gasteiger charge is -2.20. The molecule has 0 saturated carbocycles. The van der Waals surface area contributed by atoms with Crippen LogP contribution in [0.15, 0.2) is 35.4 Å². The highest BCUT2D eigenvalue weighted by atomic mass is 16.4. The van der Waals surface area contributed by atoms with Gasteiger partial charge in [0.15, 0.2) is 0 Å². The maximum atomic E-state index is 11.2. The van der Waals surface area contributed by atoms with Crippen molar-refractivity contribution in [1.82, 2.24) is 0 Å². The van der Waals surface area contributed by atoms with Gasteiger partial charge in [-0.1, -0.05) is 18.2 Å². The second kappa shape index (κ2) is 3.63. The molecule has 0 radical (unpaired) electrons. The standard InChI is InChI=1S/C12H14N2O2/c1-9-12(2,11(15)16)8-14(13-9)10-6-4-3-5-7-10/h3-7H,8H2,1-2H3,(H,15,16). The minimum atomic E-state index is -0.879. The second-order valence-corrected chi connectivity index (χ2v) is 4.22. The van der Waals surface area contributed by atoms with Gasteiger partial charge in [-0.2, -0.15) is 5.10 Å². The largest absolute Gasteiger partial charge is 0.480 e. The van der Waals surface area contributed by atoms with Crippen molar-refractivity contribution in [2.24, 2.45) is 10.5 Å². The molecule has 1 N–H and O–H groups in total. The molecule has 0 bridgehead atoms. The summed E-state index contributed by atoms with van der Waals surface area (Å²) in [5.41, 5.74) is 0.686. The van der Waals surface area contributed by atoms with Crippen LogP contribution in [0.4, 0.5) is 5.69 Å². The number of hydrogen-bond acceptors (Lipinski definition) is 3. The van der Waals surface area contributed by atoms with Gasteiger partial charge >= 0.3 is 5.97 Å². The van der Waals surface area contributed by atoms with E-state index < -0.39 is 11.4 Å². The normalized spacial score (nSPS) is 24.4. The molecule has 0 saturated heterocycles. The molecule has 1 aliphatic rings. The molecule has 1 aromatic rings. The SMILES string of the molecule is CC1=NN(c2ccccc2)CC1(C)C(=O)O. The quantitative estimate of drug-likeness (QED) is 0.825. The number of anilines is 1. The van der Waals surface area contributed by atoms with Gasteiger partial charge in [0.05, 0.1) is 17.9 Å². The third-order valence-corrected chi connectivity index (χ3v) is 3.06. The van der Waals surface area contributed by atoms with Crippen LogP contribution < -0.4 is 5.01 Å². The van der Waals surface area contributed by atoms with E-state index in [2.05, 4.69) is 5.10 Å². The van der Waals surface area contributed by atoms with Gasteiger partial charge in [0, 0.05) is 0 Å². The van der Waals surface area contributed by atoms with E-state index in [4.69, 9.17) is 0 Å². The fourth-order valence-electron chi connectivity index (χ4n) is 1.71. The molecule has 4 heteroatoms. The van der Waals surface area contributed by atoms with Gasteiger partial charge in [-0.05, 0) is 26.0 Å². The maximum Gasteiger partial charge on any atom is 0.317 e. The predicted octanol–water partition coefficient (Wildman–Crippen LogP) is 1.97. The number of carboxylic acids is 1. The highest BCUT2D eigenvalue weighted by Crippen LogP contribution is 2.30. The molecule has 0 spiro atoms. The molecule has 1 heterocycles. The Morgan fingerprint density at radius 1 is 1.44 bits per heavy atom. The van der Waals surface area contributed by atoms with Crippen LogP contribution in [0.2, 0.25) is 0 Å². The molecule has 4 nitrogen and oxygen atoms in total. The van der Waals surface area contributed by atoms with E-state index in [1.165, 1.54) is 0 Å². The molecule has 1 aliphatic heterocycles. The zero-order valence-corrected chi connectivity index (χ0v) is 9.34. The van der Waals surface area contributed by atoms with E-state index in [1.807, 2.05) is 30.3 Å². The molecule has 0 fully saturated rings. The van der Waals surface area contributed by atoms with Crippen LogP contribution in [0.5, 0.6) is 0 Å². The fraction of sp³-hybridized carbons (Fsp3) is 0.333. The summed E-state index contributed by atoms with van der Waals surface area (Å²) in [5.74, 6) is -0.827. The summed E-state index contributed by atoms with van der Waals surface area (Å²) in [6.45, 7) is 3.85. The van der Waals surface area contributed by atoms with Crippen molar-refractivity contribution in [2.45, 2.75) is 13.8 Å². The van der Waals surface area contributed by atoms with Crippen molar-refractivity contribution < 1.29 is 9.90 Å². The number of aliphatic carboxylic acids is 1. The first-order chi connectivity index (χ1) is 7.54. The second-order valence-electron chi connectivity index (χ2n) is 4.22. The van der Waals surface area contributed by atoms with Crippen molar-refractivity contribution in [1.29, 1.82) is 0 Å². The van der Waals surface area contributed by atoms with Crippen LogP contribution in [0, 0.1) is 5.41 Å². The minimum absolute atomic E-state index is 0.387. The Labute approximate surface area is 94.2 Å².